The highest BCUT2D eigenvalue weighted by molar-refractivity contribution is 6.00. The summed E-state index contributed by atoms with van der Waals surface area (Å²) in [6.45, 7) is 0.555. The van der Waals surface area contributed by atoms with E-state index in [1.165, 1.54) is 11.0 Å². The van der Waals surface area contributed by atoms with Gasteiger partial charge in [0, 0.05) is 31.3 Å². The molecule has 1 atom stereocenters. The van der Waals surface area contributed by atoms with E-state index in [4.69, 9.17) is 4.74 Å². The molecular weight excluding hydrogens is 354 g/mol. The average Bonchev–Trinajstić information content (AvgIpc) is 3.06. The summed E-state index contributed by atoms with van der Waals surface area (Å²) >= 11 is 0. The number of rotatable bonds is 6. The lowest BCUT2D eigenvalue weighted by atomic mass is 10.1. The summed E-state index contributed by atoms with van der Waals surface area (Å²) in [5, 5.41) is 2.83. The zero-order chi connectivity index (χ0) is 19.4. The predicted molar refractivity (Wildman–Crippen MR) is 96.5 cm³/mol. The molecule has 3 rings (SSSR count). The molecule has 1 saturated heterocycles. The van der Waals surface area contributed by atoms with Gasteiger partial charge in [0.15, 0.2) is 11.6 Å². The third-order valence-corrected chi connectivity index (χ3v) is 4.60. The van der Waals surface area contributed by atoms with Crippen molar-refractivity contribution in [1.82, 2.24) is 5.32 Å². The molecule has 0 radical (unpaired) electrons. The number of amides is 2. The number of halogens is 2. The monoisotopic (exact) mass is 374 g/mol. The van der Waals surface area contributed by atoms with Crippen LogP contribution in [-0.4, -0.2) is 32.0 Å². The molecule has 0 aliphatic carbocycles. The lowest BCUT2D eigenvalue weighted by Gasteiger charge is -2.17. The highest BCUT2D eigenvalue weighted by atomic mass is 19.2. The molecule has 7 heteroatoms. The second-order valence-electron chi connectivity index (χ2n) is 6.36. The first-order chi connectivity index (χ1) is 13.0. The van der Waals surface area contributed by atoms with Crippen molar-refractivity contribution in [2.45, 2.75) is 12.8 Å². The normalized spacial score (nSPS) is 16.5. The van der Waals surface area contributed by atoms with Gasteiger partial charge in [-0.15, -0.1) is 0 Å². The number of anilines is 1. The van der Waals surface area contributed by atoms with Crippen LogP contribution in [0.25, 0.3) is 0 Å². The number of benzene rings is 2. The summed E-state index contributed by atoms with van der Waals surface area (Å²) in [5.41, 5.74) is 1.23. The topological polar surface area (TPSA) is 58.6 Å². The quantitative estimate of drug-likeness (QED) is 0.846. The third kappa shape index (κ3) is 4.24. The Morgan fingerprint density at radius 2 is 2.00 bits per heavy atom. The second kappa shape index (κ2) is 8.16. The molecule has 1 N–H and O–H groups in total. The lowest BCUT2D eigenvalue weighted by Crippen LogP contribution is -2.34. The van der Waals surface area contributed by atoms with Gasteiger partial charge in [0.25, 0.3) is 0 Å². The van der Waals surface area contributed by atoms with Crippen LogP contribution in [-0.2, 0) is 16.0 Å². The van der Waals surface area contributed by atoms with Crippen molar-refractivity contribution in [1.29, 1.82) is 0 Å². The molecule has 142 valence electrons. The number of hydrogen-bond donors (Lipinski definition) is 1. The predicted octanol–water partition coefficient (Wildman–Crippen LogP) is 2.69. The minimum Gasteiger partial charge on any atom is -0.496 e. The largest absolute Gasteiger partial charge is 0.496 e. The Kier molecular flexibility index (Phi) is 5.69. The molecule has 1 aliphatic heterocycles. The zero-order valence-corrected chi connectivity index (χ0v) is 14.9. The molecule has 1 unspecified atom stereocenters. The molecule has 27 heavy (non-hydrogen) atoms. The van der Waals surface area contributed by atoms with Gasteiger partial charge in [0.05, 0.1) is 13.0 Å². The van der Waals surface area contributed by atoms with Crippen LogP contribution in [0.3, 0.4) is 0 Å². The van der Waals surface area contributed by atoms with Crippen molar-refractivity contribution in [3.8, 4) is 5.75 Å². The van der Waals surface area contributed by atoms with Crippen molar-refractivity contribution < 1.29 is 23.1 Å². The molecule has 0 aromatic heterocycles. The number of nitrogens with one attached hydrogen (secondary N) is 1. The molecule has 5 nitrogen and oxygen atoms in total. The standard InChI is InChI=1S/C20H20F2N2O3/c1-27-18-5-3-2-4-13(18)8-9-23-20(26)14-10-19(25)24(12-14)15-6-7-16(21)17(22)11-15/h2-7,11,14H,8-10,12H2,1H3,(H,23,26). The van der Waals surface area contributed by atoms with Gasteiger partial charge in [0.2, 0.25) is 11.8 Å². The van der Waals surface area contributed by atoms with Crippen LogP contribution in [0.15, 0.2) is 42.5 Å². The van der Waals surface area contributed by atoms with Gasteiger partial charge < -0.3 is 15.0 Å². The van der Waals surface area contributed by atoms with Crippen LogP contribution >= 0.6 is 0 Å². The van der Waals surface area contributed by atoms with Crippen LogP contribution in [0.5, 0.6) is 5.75 Å². The second-order valence-corrected chi connectivity index (χ2v) is 6.36. The minimum atomic E-state index is -1.02. The number of carbonyl (C=O) groups is 2. The number of carbonyl (C=O) groups excluding carboxylic acids is 2. The minimum absolute atomic E-state index is 0.0412. The Balaban J connectivity index is 1.56. The molecule has 0 spiro atoms. The van der Waals surface area contributed by atoms with E-state index in [0.29, 0.717) is 13.0 Å². The Morgan fingerprint density at radius 1 is 1.22 bits per heavy atom. The fourth-order valence-corrected chi connectivity index (χ4v) is 3.16. The van der Waals surface area contributed by atoms with Crippen molar-refractivity contribution in [2.24, 2.45) is 5.92 Å². The van der Waals surface area contributed by atoms with E-state index in [0.717, 1.165) is 23.4 Å². The Hall–Kier alpha value is -2.96. The van der Waals surface area contributed by atoms with E-state index >= 15 is 0 Å². The first-order valence-corrected chi connectivity index (χ1v) is 8.64. The molecule has 2 aromatic rings. The number of methoxy groups -OCH3 is 1. The van der Waals surface area contributed by atoms with Gasteiger partial charge in [0.1, 0.15) is 5.75 Å². The summed E-state index contributed by atoms with van der Waals surface area (Å²) < 4.78 is 31.7. The van der Waals surface area contributed by atoms with Gasteiger partial charge in [-0.2, -0.15) is 0 Å². The summed E-state index contributed by atoms with van der Waals surface area (Å²) in [6.07, 6.45) is 0.642. The number of ether oxygens (including phenoxy) is 1. The van der Waals surface area contributed by atoms with Gasteiger partial charge in [-0.1, -0.05) is 18.2 Å². The maximum atomic E-state index is 13.4. The van der Waals surface area contributed by atoms with E-state index in [1.54, 1.807) is 7.11 Å². The maximum Gasteiger partial charge on any atom is 0.227 e. The first kappa shape index (κ1) is 18.8. The van der Waals surface area contributed by atoms with Gasteiger partial charge in [-0.25, -0.2) is 8.78 Å². The lowest BCUT2D eigenvalue weighted by molar-refractivity contribution is -0.126. The zero-order valence-electron chi connectivity index (χ0n) is 14.9. The summed E-state index contributed by atoms with van der Waals surface area (Å²) in [4.78, 5) is 25.9. The summed E-state index contributed by atoms with van der Waals surface area (Å²) in [6, 6.07) is 10.8. The van der Waals surface area contributed by atoms with Crippen LogP contribution in [0.2, 0.25) is 0 Å². The molecule has 1 fully saturated rings. The molecule has 2 amide bonds. The Bertz CT molecular complexity index is 857. The molecule has 0 saturated carbocycles. The smallest absolute Gasteiger partial charge is 0.227 e. The van der Waals surface area contributed by atoms with Crippen molar-refractivity contribution in [2.75, 3.05) is 25.1 Å². The first-order valence-electron chi connectivity index (χ1n) is 8.64. The molecule has 0 bridgehead atoms. The summed E-state index contributed by atoms with van der Waals surface area (Å²) in [5.74, 6) is -2.29. The highest BCUT2D eigenvalue weighted by Crippen LogP contribution is 2.26. The van der Waals surface area contributed by atoms with Crippen LogP contribution in [0.4, 0.5) is 14.5 Å². The SMILES string of the molecule is COc1ccccc1CCNC(=O)C1CC(=O)N(c2ccc(F)c(F)c2)C1. The molecular formula is C20H20F2N2O3. The van der Waals surface area contributed by atoms with Gasteiger partial charge >= 0.3 is 0 Å². The van der Waals surface area contributed by atoms with E-state index < -0.39 is 17.6 Å². The third-order valence-electron chi connectivity index (χ3n) is 4.60. The van der Waals surface area contributed by atoms with E-state index in [9.17, 15) is 18.4 Å². The number of nitrogens with zero attached hydrogens (tertiary/aromatic N) is 1. The van der Waals surface area contributed by atoms with Crippen molar-refractivity contribution in [3.05, 3.63) is 59.7 Å². The summed E-state index contributed by atoms with van der Waals surface area (Å²) in [7, 11) is 1.59. The Labute approximate surface area is 155 Å². The Morgan fingerprint density at radius 3 is 2.74 bits per heavy atom. The maximum absolute atomic E-state index is 13.4. The fourth-order valence-electron chi connectivity index (χ4n) is 3.16. The number of hydrogen-bond acceptors (Lipinski definition) is 3. The van der Waals surface area contributed by atoms with E-state index in [-0.39, 0.29) is 30.5 Å². The highest BCUT2D eigenvalue weighted by Gasteiger charge is 2.35. The molecule has 1 aliphatic rings. The van der Waals surface area contributed by atoms with Gasteiger partial charge in [-0.05, 0) is 30.2 Å². The van der Waals surface area contributed by atoms with Crippen molar-refractivity contribution in [3.63, 3.8) is 0 Å². The van der Waals surface area contributed by atoms with E-state index in [1.807, 2.05) is 24.3 Å². The number of para-hydroxylation sites is 1. The molecule has 2 aromatic carbocycles. The van der Waals surface area contributed by atoms with Crippen LogP contribution in [0.1, 0.15) is 12.0 Å². The molecule has 1 heterocycles. The van der Waals surface area contributed by atoms with Crippen LogP contribution < -0.4 is 15.0 Å². The van der Waals surface area contributed by atoms with Crippen LogP contribution in [0, 0.1) is 17.6 Å². The van der Waals surface area contributed by atoms with E-state index in [2.05, 4.69) is 5.32 Å². The fraction of sp³-hybridized carbons (Fsp3) is 0.300. The average molecular weight is 374 g/mol. The van der Waals surface area contributed by atoms with Gasteiger partial charge in [-0.3, -0.25) is 9.59 Å². The van der Waals surface area contributed by atoms with Crippen molar-refractivity contribution >= 4 is 17.5 Å².